The fourth-order valence-electron chi connectivity index (χ4n) is 2.64. The molecule has 136 valence electrons. The second-order valence-corrected chi connectivity index (χ2v) is 6.50. The van der Waals surface area contributed by atoms with E-state index in [9.17, 15) is 4.79 Å². The predicted octanol–water partition coefficient (Wildman–Crippen LogP) is 3.81. The van der Waals surface area contributed by atoms with E-state index in [1.165, 1.54) is 6.92 Å². The molecule has 4 rings (SSSR count). The number of hydrogen-bond acceptors (Lipinski definition) is 6. The van der Waals surface area contributed by atoms with E-state index >= 15 is 0 Å². The van der Waals surface area contributed by atoms with E-state index in [0.717, 1.165) is 35.5 Å². The zero-order valence-corrected chi connectivity index (χ0v) is 14.9. The van der Waals surface area contributed by atoms with Crippen molar-refractivity contribution in [1.82, 2.24) is 15.0 Å². The highest BCUT2D eigenvalue weighted by Crippen LogP contribution is 2.27. The lowest BCUT2D eigenvalue weighted by molar-refractivity contribution is -0.114. The largest absolute Gasteiger partial charge is 0.351 e. The molecule has 1 aliphatic rings. The van der Waals surface area contributed by atoms with Crippen molar-refractivity contribution in [1.29, 1.82) is 0 Å². The van der Waals surface area contributed by atoms with Crippen LogP contribution >= 0.6 is 0 Å². The van der Waals surface area contributed by atoms with Crippen LogP contribution in [0.25, 0.3) is 11.3 Å². The summed E-state index contributed by atoms with van der Waals surface area (Å²) in [5, 5.41) is 9.42. The Bertz CT molecular complexity index is 938. The first-order valence-electron chi connectivity index (χ1n) is 8.86. The van der Waals surface area contributed by atoms with E-state index in [-0.39, 0.29) is 5.91 Å². The molecule has 0 bridgehead atoms. The highest BCUT2D eigenvalue weighted by molar-refractivity contribution is 5.88. The van der Waals surface area contributed by atoms with E-state index in [1.54, 1.807) is 12.4 Å². The van der Waals surface area contributed by atoms with Gasteiger partial charge in [-0.25, -0.2) is 4.98 Å². The van der Waals surface area contributed by atoms with Gasteiger partial charge in [-0.2, -0.15) is 4.98 Å². The number of nitrogens with one attached hydrogen (secondary N) is 3. The molecule has 7 nitrogen and oxygen atoms in total. The van der Waals surface area contributed by atoms with Crippen LogP contribution < -0.4 is 16.0 Å². The van der Waals surface area contributed by atoms with E-state index in [0.29, 0.717) is 17.8 Å². The first-order valence-corrected chi connectivity index (χ1v) is 8.86. The van der Waals surface area contributed by atoms with Crippen molar-refractivity contribution < 1.29 is 4.79 Å². The maximum absolute atomic E-state index is 11.1. The summed E-state index contributed by atoms with van der Waals surface area (Å²) in [6.07, 6.45) is 5.80. The monoisotopic (exact) mass is 360 g/mol. The molecule has 1 fully saturated rings. The molecule has 0 aliphatic heterocycles. The molecule has 2 heterocycles. The van der Waals surface area contributed by atoms with Crippen LogP contribution in [0.4, 0.5) is 23.1 Å². The van der Waals surface area contributed by atoms with Crippen molar-refractivity contribution in [3.05, 3.63) is 54.9 Å². The van der Waals surface area contributed by atoms with Gasteiger partial charge in [0.05, 0.1) is 5.69 Å². The SMILES string of the molecule is CC(=O)Nc1ccc(Nc2cc(-c3ccncc3)nc(NC3CC3)n2)cc1. The third kappa shape index (κ3) is 4.58. The molecule has 2 aromatic heterocycles. The van der Waals surface area contributed by atoms with Crippen LogP contribution in [0.2, 0.25) is 0 Å². The molecule has 0 spiro atoms. The zero-order chi connectivity index (χ0) is 18.6. The van der Waals surface area contributed by atoms with Crippen LogP contribution in [0.1, 0.15) is 19.8 Å². The molecule has 1 aliphatic carbocycles. The third-order valence-electron chi connectivity index (χ3n) is 4.09. The minimum Gasteiger partial charge on any atom is -0.351 e. The Labute approximate surface area is 157 Å². The minimum atomic E-state index is -0.0932. The number of pyridine rings is 1. The van der Waals surface area contributed by atoms with Crippen molar-refractivity contribution in [2.75, 3.05) is 16.0 Å². The highest BCUT2D eigenvalue weighted by atomic mass is 16.1. The Morgan fingerprint density at radius 1 is 1.00 bits per heavy atom. The number of hydrogen-bond donors (Lipinski definition) is 3. The molecule has 1 amide bonds. The van der Waals surface area contributed by atoms with Crippen LogP contribution in [0.15, 0.2) is 54.9 Å². The number of anilines is 4. The van der Waals surface area contributed by atoms with Crippen molar-refractivity contribution >= 4 is 29.0 Å². The number of carbonyl (C=O) groups is 1. The van der Waals surface area contributed by atoms with Crippen molar-refractivity contribution in [2.45, 2.75) is 25.8 Å². The Balaban J connectivity index is 1.59. The maximum Gasteiger partial charge on any atom is 0.225 e. The van der Waals surface area contributed by atoms with Crippen LogP contribution in [-0.2, 0) is 4.79 Å². The summed E-state index contributed by atoms with van der Waals surface area (Å²) in [5.41, 5.74) is 3.44. The average molecular weight is 360 g/mol. The molecule has 0 saturated heterocycles. The number of carbonyl (C=O) groups excluding carboxylic acids is 1. The molecule has 27 heavy (non-hydrogen) atoms. The molecule has 1 saturated carbocycles. The second-order valence-electron chi connectivity index (χ2n) is 6.50. The summed E-state index contributed by atoms with van der Waals surface area (Å²) >= 11 is 0. The normalized spacial score (nSPS) is 13.1. The smallest absolute Gasteiger partial charge is 0.225 e. The number of rotatable bonds is 6. The van der Waals surface area contributed by atoms with Gasteiger partial charge in [-0.05, 0) is 49.2 Å². The molecule has 0 radical (unpaired) electrons. The van der Waals surface area contributed by atoms with Gasteiger partial charge in [0.1, 0.15) is 5.82 Å². The summed E-state index contributed by atoms with van der Waals surface area (Å²) in [5.74, 6) is 1.22. The van der Waals surface area contributed by atoms with E-state index in [2.05, 4.69) is 30.9 Å². The van der Waals surface area contributed by atoms with Crippen molar-refractivity contribution in [2.24, 2.45) is 0 Å². The summed E-state index contributed by atoms with van der Waals surface area (Å²) in [4.78, 5) is 24.4. The van der Waals surface area contributed by atoms with Gasteiger partial charge in [-0.3, -0.25) is 9.78 Å². The first-order chi connectivity index (χ1) is 13.2. The Kier molecular flexibility index (Phi) is 4.65. The lowest BCUT2D eigenvalue weighted by Crippen LogP contribution is -2.08. The van der Waals surface area contributed by atoms with Crippen LogP contribution in [-0.4, -0.2) is 26.9 Å². The summed E-state index contributed by atoms with van der Waals surface area (Å²) in [6, 6.07) is 13.7. The van der Waals surface area contributed by atoms with Gasteiger partial charge in [-0.1, -0.05) is 0 Å². The van der Waals surface area contributed by atoms with Crippen LogP contribution in [0.3, 0.4) is 0 Å². The third-order valence-corrected chi connectivity index (χ3v) is 4.09. The standard InChI is InChI=1S/C20H20N6O/c1-13(27)22-15-2-4-16(5-3-15)23-19-12-18(14-8-10-21-11-9-14)25-20(26-19)24-17-6-7-17/h2-5,8-12,17H,6-7H2,1H3,(H,22,27)(H2,23,24,25,26). The van der Waals surface area contributed by atoms with Crippen LogP contribution in [0, 0.1) is 0 Å². The topological polar surface area (TPSA) is 91.8 Å². The zero-order valence-electron chi connectivity index (χ0n) is 14.9. The van der Waals surface area contributed by atoms with Crippen LogP contribution in [0.5, 0.6) is 0 Å². The minimum absolute atomic E-state index is 0.0932. The number of benzene rings is 1. The summed E-state index contributed by atoms with van der Waals surface area (Å²) < 4.78 is 0. The quantitative estimate of drug-likeness (QED) is 0.619. The molecule has 3 N–H and O–H groups in total. The van der Waals surface area contributed by atoms with E-state index < -0.39 is 0 Å². The second kappa shape index (κ2) is 7.41. The van der Waals surface area contributed by atoms with Gasteiger partial charge >= 0.3 is 0 Å². The molecule has 3 aromatic rings. The maximum atomic E-state index is 11.1. The molecule has 0 unspecified atom stereocenters. The molecule has 1 aromatic carbocycles. The van der Waals surface area contributed by atoms with Gasteiger partial charge < -0.3 is 16.0 Å². The lowest BCUT2D eigenvalue weighted by atomic mass is 10.2. The van der Waals surface area contributed by atoms with Crippen molar-refractivity contribution in [3.8, 4) is 11.3 Å². The fourth-order valence-corrected chi connectivity index (χ4v) is 2.64. The van der Waals surface area contributed by atoms with E-state index in [4.69, 9.17) is 0 Å². The Morgan fingerprint density at radius 2 is 1.70 bits per heavy atom. The average Bonchev–Trinajstić information content (AvgIpc) is 3.47. The molecule has 0 atom stereocenters. The van der Waals surface area contributed by atoms with Gasteiger partial charge in [0.15, 0.2) is 0 Å². The van der Waals surface area contributed by atoms with Gasteiger partial charge in [0, 0.05) is 48.4 Å². The Morgan fingerprint density at radius 3 is 2.37 bits per heavy atom. The Hall–Kier alpha value is -3.48. The van der Waals surface area contributed by atoms with E-state index in [1.807, 2.05) is 42.5 Å². The van der Waals surface area contributed by atoms with Gasteiger partial charge in [-0.15, -0.1) is 0 Å². The first kappa shape index (κ1) is 17.0. The summed E-state index contributed by atoms with van der Waals surface area (Å²) in [7, 11) is 0. The lowest BCUT2D eigenvalue weighted by Gasteiger charge is -2.11. The number of aromatic nitrogens is 3. The van der Waals surface area contributed by atoms with Crippen molar-refractivity contribution in [3.63, 3.8) is 0 Å². The molecular weight excluding hydrogens is 340 g/mol. The van der Waals surface area contributed by atoms with Gasteiger partial charge in [0.25, 0.3) is 0 Å². The highest BCUT2D eigenvalue weighted by Gasteiger charge is 2.22. The number of nitrogens with zero attached hydrogens (tertiary/aromatic N) is 3. The number of amides is 1. The summed E-state index contributed by atoms with van der Waals surface area (Å²) in [6.45, 7) is 1.49. The fraction of sp³-hybridized carbons (Fsp3) is 0.200. The predicted molar refractivity (Wildman–Crippen MR) is 106 cm³/mol. The molecular formula is C20H20N6O. The molecule has 7 heteroatoms. The van der Waals surface area contributed by atoms with Gasteiger partial charge in [0.2, 0.25) is 11.9 Å².